The summed E-state index contributed by atoms with van der Waals surface area (Å²) in [5, 5.41) is 1.37. The van der Waals surface area contributed by atoms with Gasteiger partial charge in [0.1, 0.15) is 0 Å². The topological polar surface area (TPSA) is 4.93 Å². The van der Waals surface area contributed by atoms with Gasteiger partial charge in [0.25, 0.3) is 0 Å². The van der Waals surface area contributed by atoms with Crippen molar-refractivity contribution in [3.8, 4) is 5.69 Å². The fraction of sp³-hybridized carbons (Fsp3) is 0.300. The van der Waals surface area contributed by atoms with Gasteiger partial charge in [-0.05, 0) is 60.2 Å². The van der Waals surface area contributed by atoms with Crippen LogP contribution in [0.5, 0.6) is 0 Å². The Hall–Kier alpha value is -2.02. The van der Waals surface area contributed by atoms with Crippen LogP contribution in [-0.2, 0) is 5.41 Å². The number of nitrogens with zero attached hydrogens (tertiary/aromatic N) is 1. The monoisotopic (exact) mass is 277 g/mol. The molecule has 21 heavy (non-hydrogen) atoms. The molecule has 0 aliphatic rings. The first-order valence-electron chi connectivity index (χ1n) is 7.56. The zero-order valence-corrected chi connectivity index (χ0v) is 13.6. The summed E-state index contributed by atoms with van der Waals surface area (Å²) in [6, 6.07) is 15.2. The van der Waals surface area contributed by atoms with Gasteiger partial charge >= 0.3 is 0 Å². The molecule has 0 fully saturated rings. The van der Waals surface area contributed by atoms with Crippen molar-refractivity contribution < 1.29 is 0 Å². The summed E-state index contributed by atoms with van der Waals surface area (Å²) in [6.07, 6.45) is 2.30. The molecule has 0 atom stereocenters. The van der Waals surface area contributed by atoms with E-state index in [1.54, 1.807) is 0 Å². The molecular weight excluding hydrogens is 254 g/mol. The van der Waals surface area contributed by atoms with E-state index < -0.39 is 0 Å². The fourth-order valence-corrected chi connectivity index (χ4v) is 2.88. The van der Waals surface area contributed by atoms with Crippen molar-refractivity contribution in [3.63, 3.8) is 0 Å². The van der Waals surface area contributed by atoms with Crippen molar-refractivity contribution in [2.45, 2.75) is 40.0 Å². The molecule has 0 saturated carbocycles. The van der Waals surface area contributed by atoms with Crippen LogP contribution in [0, 0.1) is 13.8 Å². The van der Waals surface area contributed by atoms with E-state index in [4.69, 9.17) is 0 Å². The van der Waals surface area contributed by atoms with Gasteiger partial charge in [-0.1, -0.05) is 39.0 Å². The molecule has 1 nitrogen and oxygen atoms in total. The first-order valence-corrected chi connectivity index (χ1v) is 7.56. The molecule has 0 amide bonds. The Morgan fingerprint density at radius 2 is 1.48 bits per heavy atom. The molecular formula is C20H23N. The number of fused-ring (bicyclic) bond motifs is 1. The highest BCUT2D eigenvalue weighted by atomic mass is 15.0. The van der Waals surface area contributed by atoms with Crippen LogP contribution in [0.3, 0.4) is 0 Å². The minimum absolute atomic E-state index is 0.139. The molecule has 0 spiro atoms. The van der Waals surface area contributed by atoms with E-state index in [0.29, 0.717) is 0 Å². The first-order chi connectivity index (χ1) is 9.88. The minimum atomic E-state index is 0.139. The summed E-state index contributed by atoms with van der Waals surface area (Å²) in [7, 11) is 0. The molecule has 1 heterocycles. The normalized spacial score (nSPS) is 12.0. The van der Waals surface area contributed by atoms with Gasteiger partial charge in [-0.15, -0.1) is 0 Å². The zero-order chi connectivity index (χ0) is 15.2. The van der Waals surface area contributed by atoms with Crippen LogP contribution in [0.25, 0.3) is 16.6 Å². The molecule has 0 unspecified atom stereocenters. The molecule has 2 aromatic carbocycles. The van der Waals surface area contributed by atoms with Gasteiger partial charge in [-0.3, -0.25) is 0 Å². The summed E-state index contributed by atoms with van der Waals surface area (Å²) in [5.41, 5.74) is 6.77. The lowest BCUT2D eigenvalue weighted by Gasteiger charge is -2.17. The van der Waals surface area contributed by atoms with E-state index in [-0.39, 0.29) is 5.41 Å². The number of hydrogen-bond acceptors (Lipinski definition) is 0. The maximum Gasteiger partial charge on any atom is 0.0534 e. The van der Waals surface area contributed by atoms with Crippen LogP contribution in [0.1, 0.15) is 37.5 Å². The number of rotatable bonds is 1. The van der Waals surface area contributed by atoms with Crippen molar-refractivity contribution in [2.75, 3.05) is 0 Å². The van der Waals surface area contributed by atoms with Gasteiger partial charge in [0.15, 0.2) is 0 Å². The van der Waals surface area contributed by atoms with Crippen molar-refractivity contribution in [1.29, 1.82) is 0 Å². The summed E-state index contributed by atoms with van der Waals surface area (Å²) in [4.78, 5) is 0. The molecule has 0 bridgehead atoms. The second-order valence-corrected chi connectivity index (χ2v) is 6.95. The molecule has 0 radical (unpaired) electrons. The standard InChI is InChI=1S/C20H23N/c1-14-11-17-18(20(3,4)5)13-21(19(17)12-15(14)2)16-9-7-6-8-10-16/h6-13H,1-5H3. The Labute approximate surface area is 127 Å². The zero-order valence-electron chi connectivity index (χ0n) is 13.6. The summed E-state index contributed by atoms with van der Waals surface area (Å²) in [6.45, 7) is 11.2. The van der Waals surface area contributed by atoms with E-state index in [1.165, 1.54) is 33.3 Å². The summed E-state index contributed by atoms with van der Waals surface area (Å²) in [5.74, 6) is 0. The SMILES string of the molecule is Cc1cc2c(C(C)(C)C)cn(-c3ccccc3)c2cc1C. The Bertz CT molecular complexity index is 786. The van der Waals surface area contributed by atoms with Gasteiger partial charge < -0.3 is 4.57 Å². The van der Waals surface area contributed by atoms with E-state index >= 15 is 0 Å². The van der Waals surface area contributed by atoms with Crippen molar-refractivity contribution in [3.05, 3.63) is 65.4 Å². The lowest BCUT2D eigenvalue weighted by atomic mass is 9.86. The third kappa shape index (κ3) is 2.37. The van der Waals surface area contributed by atoms with Crippen LogP contribution >= 0.6 is 0 Å². The highest BCUT2D eigenvalue weighted by Gasteiger charge is 2.21. The van der Waals surface area contributed by atoms with Crippen LogP contribution in [-0.4, -0.2) is 4.57 Å². The van der Waals surface area contributed by atoms with Crippen LogP contribution in [0.15, 0.2) is 48.7 Å². The van der Waals surface area contributed by atoms with Crippen molar-refractivity contribution >= 4 is 10.9 Å². The quantitative estimate of drug-likeness (QED) is 0.550. The Kier molecular flexibility index (Phi) is 3.16. The number of aryl methyl sites for hydroxylation is 2. The molecule has 3 rings (SSSR count). The Balaban J connectivity index is 2.38. The predicted octanol–water partition coefficient (Wildman–Crippen LogP) is 5.54. The second kappa shape index (κ2) is 4.77. The number of para-hydroxylation sites is 1. The summed E-state index contributed by atoms with van der Waals surface area (Å²) < 4.78 is 2.32. The predicted molar refractivity (Wildman–Crippen MR) is 91.4 cm³/mol. The van der Waals surface area contributed by atoms with E-state index in [9.17, 15) is 0 Å². The van der Waals surface area contributed by atoms with Gasteiger partial charge in [0.05, 0.1) is 5.52 Å². The smallest absolute Gasteiger partial charge is 0.0534 e. The molecule has 0 saturated heterocycles. The number of benzene rings is 2. The van der Waals surface area contributed by atoms with Crippen LogP contribution in [0.2, 0.25) is 0 Å². The molecule has 3 aromatic rings. The average Bonchev–Trinajstić information content (AvgIpc) is 2.79. The van der Waals surface area contributed by atoms with Crippen molar-refractivity contribution in [1.82, 2.24) is 4.57 Å². The largest absolute Gasteiger partial charge is 0.316 e. The van der Waals surface area contributed by atoms with Crippen molar-refractivity contribution in [2.24, 2.45) is 0 Å². The highest BCUT2D eigenvalue weighted by Crippen LogP contribution is 2.34. The lowest BCUT2D eigenvalue weighted by Crippen LogP contribution is -2.10. The van der Waals surface area contributed by atoms with Gasteiger partial charge in [0, 0.05) is 17.3 Å². The fourth-order valence-electron chi connectivity index (χ4n) is 2.88. The molecule has 0 N–H and O–H groups in total. The van der Waals surface area contributed by atoms with E-state index in [1.807, 2.05) is 0 Å². The van der Waals surface area contributed by atoms with Crippen LogP contribution < -0.4 is 0 Å². The molecule has 0 aliphatic heterocycles. The highest BCUT2D eigenvalue weighted by molar-refractivity contribution is 5.88. The minimum Gasteiger partial charge on any atom is -0.316 e. The van der Waals surface area contributed by atoms with Gasteiger partial charge in [-0.25, -0.2) is 0 Å². The average molecular weight is 277 g/mol. The Morgan fingerprint density at radius 1 is 0.857 bits per heavy atom. The van der Waals surface area contributed by atoms with Gasteiger partial charge in [0.2, 0.25) is 0 Å². The molecule has 1 aromatic heterocycles. The maximum atomic E-state index is 2.34. The van der Waals surface area contributed by atoms with E-state index in [2.05, 4.69) is 87.8 Å². The first kappa shape index (κ1) is 13.9. The number of aromatic nitrogens is 1. The number of hydrogen-bond donors (Lipinski definition) is 0. The lowest BCUT2D eigenvalue weighted by molar-refractivity contribution is 0.594. The third-order valence-corrected chi connectivity index (χ3v) is 4.26. The van der Waals surface area contributed by atoms with E-state index in [0.717, 1.165) is 0 Å². The maximum absolute atomic E-state index is 2.34. The molecule has 108 valence electrons. The second-order valence-electron chi connectivity index (χ2n) is 6.95. The Morgan fingerprint density at radius 3 is 2.10 bits per heavy atom. The van der Waals surface area contributed by atoms with Crippen LogP contribution in [0.4, 0.5) is 0 Å². The van der Waals surface area contributed by atoms with Gasteiger partial charge in [-0.2, -0.15) is 0 Å². The molecule has 0 aliphatic carbocycles. The summed E-state index contributed by atoms with van der Waals surface area (Å²) >= 11 is 0. The third-order valence-electron chi connectivity index (χ3n) is 4.26. The molecule has 1 heteroatoms.